The summed E-state index contributed by atoms with van der Waals surface area (Å²) in [4.78, 5) is 35.9. The summed E-state index contributed by atoms with van der Waals surface area (Å²) in [5, 5.41) is 11.6. The second-order valence-corrected chi connectivity index (χ2v) is 9.74. The fourth-order valence-electron chi connectivity index (χ4n) is 4.56. The second-order valence-electron chi connectivity index (χ2n) is 9.34. The minimum Gasteiger partial charge on any atom is -0.507 e. The number of nitrogens with zero attached hydrogens (tertiary/aromatic N) is 2. The number of carbonyl (C=O) groups is 2. The van der Waals surface area contributed by atoms with Crippen LogP contribution in [0.15, 0.2) is 66.2 Å². The molecule has 38 heavy (non-hydrogen) atoms. The molecule has 1 fully saturated rings. The van der Waals surface area contributed by atoms with Crippen LogP contribution in [0, 0.1) is 6.92 Å². The Kier molecular flexibility index (Phi) is 6.59. The summed E-state index contributed by atoms with van der Waals surface area (Å²) in [5.41, 5.74) is 3.18. The highest BCUT2D eigenvalue weighted by Crippen LogP contribution is 2.42. The molecule has 3 aromatic carbocycles. The van der Waals surface area contributed by atoms with E-state index in [1.165, 1.54) is 18.1 Å². The van der Waals surface area contributed by atoms with Crippen molar-refractivity contribution in [1.29, 1.82) is 0 Å². The normalized spacial score (nSPS) is 17.0. The maximum Gasteiger partial charge on any atom is 0.302 e. The molecule has 1 aromatic heterocycles. The first-order valence-electron chi connectivity index (χ1n) is 12.1. The molecule has 0 bridgehead atoms. The van der Waals surface area contributed by atoms with Gasteiger partial charge >= 0.3 is 5.91 Å². The zero-order chi connectivity index (χ0) is 27.1. The number of aromatic nitrogens is 2. The highest BCUT2D eigenvalue weighted by molar-refractivity contribution is 6.51. The van der Waals surface area contributed by atoms with Crippen LogP contribution in [0.2, 0.25) is 5.02 Å². The summed E-state index contributed by atoms with van der Waals surface area (Å²) < 4.78 is 11.0. The van der Waals surface area contributed by atoms with Crippen LogP contribution in [-0.4, -0.2) is 40.0 Å². The lowest BCUT2D eigenvalue weighted by molar-refractivity contribution is -0.132. The number of ketones is 1. The molecule has 4 aromatic rings. The monoisotopic (exact) mass is 531 g/mol. The van der Waals surface area contributed by atoms with Crippen LogP contribution in [0.4, 0.5) is 5.95 Å². The van der Waals surface area contributed by atoms with E-state index in [2.05, 4.69) is 9.97 Å². The second kappa shape index (κ2) is 9.87. The van der Waals surface area contributed by atoms with Crippen LogP contribution in [0.3, 0.4) is 0 Å². The molecule has 0 spiro atoms. The molecule has 1 unspecified atom stereocenters. The number of amides is 1. The van der Waals surface area contributed by atoms with Crippen molar-refractivity contribution in [3.63, 3.8) is 0 Å². The fraction of sp³-hybridized carbons (Fsp3) is 0.207. The third kappa shape index (κ3) is 4.48. The molecule has 0 radical (unpaired) electrons. The number of halogens is 1. The number of aliphatic hydroxyl groups excluding tert-OH is 1. The predicted molar refractivity (Wildman–Crippen MR) is 146 cm³/mol. The average molecular weight is 532 g/mol. The fourth-order valence-corrected chi connectivity index (χ4v) is 4.82. The molecule has 194 valence electrons. The Labute approximate surface area is 224 Å². The highest BCUT2D eigenvalue weighted by atomic mass is 35.5. The van der Waals surface area contributed by atoms with E-state index in [0.29, 0.717) is 22.6 Å². The Bertz CT molecular complexity index is 1590. The van der Waals surface area contributed by atoms with E-state index in [-0.39, 0.29) is 34.0 Å². The van der Waals surface area contributed by atoms with Crippen molar-refractivity contribution in [2.24, 2.45) is 0 Å². The number of benzene rings is 3. The molecule has 8 nitrogen and oxygen atoms in total. The number of H-pyrrole nitrogens is 1. The number of aliphatic hydroxyl groups is 1. The number of hydrogen-bond acceptors (Lipinski definition) is 6. The lowest BCUT2D eigenvalue weighted by Gasteiger charge is -2.23. The van der Waals surface area contributed by atoms with Crippen LogP contribution in [0.1, 0.15) is 36.6 Å². The Hall–Kier alpha value is -4.30. The first kappa shape index (κ1) is 25.4. The van der Waals surface area contributed by atoms with Gasteiger partial charge < -0.3 is 19.6 Å². The van der Waals surface area contributed by atoms with Gasteiger partial charge in [0.15, 0.2) is 0 Å². The molecule has 1 aliphatic rings. The van der Waals surface area contributed by atoms with Crippen LogP contribution in [-0.2, 0) is 9.59 Å². The number of ether oxygens (including phenoxy) is 2. The molecule has 2 heterocycles. The third-order valence-electron chi connectivity index (χ3n) is 6.29. The van der Waals surface area contributed by atoms with Gasteiger partial charge in [0.2, 0.25) is 5.95 Å². The van der Waals surface area contributed by atoms with Gasteiger partial charge in [0.05, 0.1) is 40.9 Å². The molecule has 0 saturated carbocycles. The Morgan fingerprint density at radius 1 is 1.08 bits per heavy atom. The standard InChI is InChI=1S/C29H26ClN3O5/c1-15(2)38-19-9-6-17(7-10-19)25-24(26(34)18-8-12-23(37-4)20(30)14-18)27(35)28(36)33(25)29-31-21-11-5-16(3)13-22(21)32-29/h5-15,25,34H,1-4H3,(H,31,32)/b26-24+. The van der Waals surface area contributed by atoms with E-state index in [4.69, 9.17) is 21.1 Å². The van der Waals surface area contributed by atoms with Crippen LogP contribution in [0.25, 0.3) is 16.8 Å². The van der Waals surface area contributed by atoms with Crippen molar-refractivity contribution in [2.75, 3.05) is 12.0 Å². The van der Waals surface area contributed by atoms with Gasteiger partial charge in [-0.3, -0.25) is 14.5 Å². The van der Waals surface area contributed by atoms with Gasteiger partial charge in [-0.2, -0.15) is 0 Å². The molecule has 1 atom stereocenters. The van der Waals surface area contributed by atoms with E-state index >= 15 is 0 Å². The van der Waals surface area contributed by atoms with E-state index in [9.17, 15) is 14.7 Å². The van der Waals surface area contributed by atoms with Gasteiger partial charge in [0.25, 0.3) is 5.78 Å². The molecule has 9 heteroatoms. The maximum atomic E-state index is 13.5. The maximum absolute atomic E-state index is 13.5. The minimum absolute atomic E-state index is 0.0229. The summed E-state index contributed by atoms with van der Waals surface area (Å²) in [6.07, 6.45) is -0.0229. The number of anilines is 1. The van der Waals surface area contributed by atoms with E-state index < -0.39 is 17.7 Å². The number of imidazole rings is 1. The van der Waals surface area contributed by atoms with Crippen molar-refractivity contribution in [3.05, 3.63) is 87.9 Å². The van der Waals surface area contributed by atoms with Gasteiger partial charge in [0, 0.05) is 5.56 Å². The Balaban J connectivity index is 1.69. The zero-order valence-corrected chi connectivity index (χ0v) is 22.0. The van der Waals surface area contributed by atoms with Crippen molar-refractivity contribution in [2.45, 2.75) is 32.9 Å². The number of rotatable bonds is 6. The van der Waals surface area contributed by atoms with Gasteiger partial charge in [-0.15, -0.1) is 0 Å². The molecule has 0 aliphatic carbocycles. The van der Waals surface area contributed by atoms with E-state index in [0.717, 1.165) is 11.1 Å². The van der Waals surface area contributed by atoms with Crippen LogP contribution in [0.5, 0.6) is 11.5 Å². The highest BCUT2D eigenvalue weighted by Gasteiger charge is 2.48. The van der Waals surface area contributed by atoms with Crippen molar-refractivity contribution >= 4 is 46.0 Å². The number of carbonyl (C=O) groups excluding carboxylic acids is 2. The molecule has 2 N–H and O–H groups in total. The smallest absolute Gasteiger partial charge is 0.302 e. The minimum atomic E-state index is -0.953. The largest absolute Gasteiger partial charge is 0.507 e. The third-order valence-corrected chi connectivity index (χ3v) is 6.59. The lowest BCUT2D eigenvalue weighted by atomic mass is 9.95. The van der Waals surface area contributed by atoms with Crippen LogP contribution >= 0.6 is 11.6 Å². The molecule has 1 amide bonds. The summed E-state index contributed by atoms with van der Waals surface area (Å²) in [6.45, 7) is 5.80. The van der Waals surface area contributed by atoms with Gasteiger partial charge in [-0.05, 0) is 74.4 Å². The molecule has 1 aliphatic heterocycles. The first-order chi connectivity index (χ1) is 18.2. The zero-order valence-electron chi connectivity index (χ0n) is 21.3. The Morgan fingerprint density at radius 2 is 1.82 bits per heavy atom. The summed E-state index contributed by atoms with van der Waals surface area (Å²) in [6, 6.07) is 16.4. The SMILES string of the molecule is COc1ccc(/C(O)=C2\C(=O)C(=O)N(c3nc4ccc(C)cc4[nH]3)C2c2ccc(OC(C)C)cc2)cc1Cl. The Morgan fingerprint density at radius 3 is 2.47 bits per heavy atom. The number of fused-ring (bicyclic) bond motifs is 1. The van der Waals surface area contributed by atoms with Gasteiger partial charge in [-0.1, -0.05) is 29.8 Å². The molecular weight excluding hydrogens is 506 g/mol. The summed E-state index contributed by atoms with van der Waals surface area (Å²) in [5.74, 6) is -0.740. The number of aryl methyl sites for hydroxylation is 1. The number of methoxy groups -OCH3 is 1. The molecule has 5 rings (SSSR count). The molecule has 1 saturated heterocycles. The predicted octanol–water partition coefficient (Wildman–Crippen LogP) is 5.95. The molecular formula is C29H26ClN3O5. The van der Waals surface area contributed by atoms with E-state index in [1.807, 2.05) is 39.0 Å². The number of aromatic amines is 1. The number of hydrogen-bond donors (Lipinski definition) is 2. The summed E-state index contributed by atoms with van der Waals surface area (Å²) in [7, 11) is 1.48. The topological polar surface area (TPSA) is 105 Å². The van der Waals surface area contributed by atoms with Crippen molar-refractivity contribution in [1.82, 2.24) is 9.97 Å². The van der Waals surface area contributed by atoms with Gasteiger partial charge in [-0.25, -0.2) is 4.98 Å². The quantitative estimate of drug-likeness (QED) is 0.181. The van der Waals surface area contributed by atoms with E-state index in [1.54, 1.807) is 36.4 Å². The van der Waals surface area contributed by atoms with Crippen molar-refractivity contribution in [3.8, 4) is 11.5 Å². The summed E-state index contributed by atoms with van der Waals surface area (Å²) >= 11 is 6.29. The number of Topliss-reactive ketones (excluding diaryl/α,β-unsaturated/α-hetero) is 1. The van der Waals surface area contributed by atoms with Crippen LogP contribution < -0.4 is 14.4 Å². The van der Waals surface area contributed by atoms with Gasteiger partial charge in [0.1, 0.15) is 17.3 Å². The first-order valence-corrected chi connectivity index (χ1v) is 12.4. The van der Waals surface area contributed by atoms with Crippen molar-refractivity contribution < 1.29 is 24.2 Å². The number of nitrogens with one attached hydrogen (secondary N) is 1. The lowest BCUT2D eigenvalue weighted by Crippen LogP contribution is -2.30. The average Bonchev–Trinajstić information content (AvgIpc) is 3.41.